The van der Waals surface area contributed by atoms with Gasteiger partial charge in [-0.25, -0.2) is 4.79 Å². The molecule has 10 heteroatoms. The molecular weight excluding hydrogens is 348 g/mol. The molecule has 0 saturated heterocycles. The normalized spacial score (nSPS) is 10.6. The molecule has 2 aromatic heterocycles. The van der Waals surface area contributed by atoms with Crippen molar-refractivity contribution in [2.45, 2.75) is 6.92 Å². The van der Waals surface area contributed by atoms with Gasteiger partial charge in [-0.15, -0.1) is 11.3 Å². The van der Waals surface area contributed by atoms with Crippen molar-refractivity contribution < 1.29 is 19.2 Å². The van der Waals surface area contributed by atoms with Crippen LogP contribution in [0.5, 0.6) is 0 Å². The molecule has 128 valence electrons. The Hall–Kier alpha value is -3.27. The van der Waals surface area contributed by atoms with Crippen molar-refractivity contribution in [1.82, 2.24) is 10.2 Å². The molecule has 3 aromatic rings. The van der Waals surface area contributed by atoms with Gasteiger partial charge in [0, 0.05) is 17.1 Å². The van der Waals surface area contributed by atoms with E-state index in [0.29, 0.717) is 21.5 Å². The first-order valence-corrected chi connectivity index (χ1v) is 7.85. The van der Waals surface area contributed by atoms with Gasteiger partial charge in [-0.05, 0) is 25.1 Å². The van der Waals surface area contributed by atoms with E-state index in [0.717, 1.165) is 11.3 Å². The maximum Gasteiger partial charge on any atom is 0.359 e. The van der Waals surface area contributed by atoms with Gasteiger partial charge < -0.3 is 10.1 Å². The molecule has 1 aromatic carbocycles. The molecule has 0 aliphatic heterocycles. The quantitative estimate of drug-likeness (QED) is 0.418. The monoisotopic (exact) mass is 360 g/mol. The summed E-state index contributed by atoms with van der Waals surface area (Å²) < 4.78 is 4.66. The van der Waals surface area contributed by atoms with Crippen molar-refractivity contribution in [3.8, 4) is 0 Å². The van der Waals surface area contributed by atoms with E-state index in [2.05, 4.69) is 20.3 Å². The first-order chi connectivity index (χ1) is 11.9. The van der Waals surface area contributed by atoms with E-state index < -0.39 is 16.8 Å². The van der Waals surface area contributed by atoms with Crippen LogP contribution in [0.1, 0.15) is 25.0 Å². The summed E-state index contributed by atoms with van der Waals surface area (Å²) in [4.78, 5) is 35.0. The van der Waals surface area contributed by atoms with Gasteiger partial charge in [0.05, 0.1) is 27.3 Å². The Morgan fingerprint density at radius 3 is 2.76 bits per heavy atom. The summed E-state index contributed by atoms with van der Waals surface area (Å²) in [6.45, 7) is 1.58. The number of hydrogen-bond acceptors (Lipinski definition) is 7. The topological polar surface area (TPSA) is 127 Å². The first kappa shape index (κ1) is 16.6. The SMILES string of the molecule is COC(=O)c1n[nH]c2ccc(NC(=O)c3cc([N+](=O)[O-])c(C)s3)cc12. The number of benzene rings is 1. The van der Waals surface area contributed by atoms with Crippen molar-refractivity contribution in [1.29, 1.82) is 0 Å². The number of anilines is 1. The zero-order valence-electron chi connectivity index (χ0n) is 13.2. The first-order valence-electron chi connectivity index (χ1n) is 7.03. The van der Waals surface area contributed by atoms with Crippen LogP contribution in [0.15, 0.2) is 24.3 Å². The third kappa shape index (κ3) is 3.06. The molecule has 0 bridgehead atoms. The molecular formula is C15H12N4O5S. The number of aromatic amines is 1. The Morgan fingerprint density at radius 1 is 1.36 bits per heavy atom. The Balaban J connectivity index is 1.89. The zero-order valence-corrected chi connectivity index (χ0v) is 14.0. The van der Waals surface area contributed by atoms with E-state index in [-0.39, 0.29) is 16.3 Å². The number of rotatable bonds is 4. The van der Waals surface area contributed by atoms with Crippen molar-refractivity contribution in [2.24, 2.45) is 0 Å². The fourth-order valence-electron chi connectivity index (χ4n) is 2.30. The van der Waals surface area contributed by atoms with E-state index in [1.54, 1.807) is 25.1 Å². The standard InChI is InChI=1S/C15H12N4O5S/c1-7-11(19(22)23)6-12(25-7)14(20)16-8-3-4-10-9(5-8)13(18-17-10)15(21)24-2/h3-6H,1-2H3,(H,16,20)(H,17,18). The molecule has 0 unspecified atom stereocenters. The van der Waals surface area contributed by atoms with Gasteiger partial charge in [0.2, 0.25) is 0 Å². The minimum atomic E-state index is -0.598. The molecule has 0 aliphatic carbocycles. The van der Waals surface area contributed by atoms with Crippen LogP contribution in [-0.2, 0) is 4.74 Å². The van der Waals surface area contributed by atoms with Crippen LogP contribution in [0.2, 0.25) is 0 Å². The Labute approximate surface area is 144 Å². The van der Waals surface area contributed by atoms with Crippen LogP contribution in [0.3, 0.4) is 0 Å². The number of methoxy groups -OCH3 is 1. The molecule has 0 radical (unpaired) electrons. The molecule has 3 rings (SSSR count). The molecule has 1 amide bonds. The average Bonchev–Trinajstić information content (AvgIpc) is 3.17. The van der Waals surface area contributed by atoms with Gasteiger partial charge in [0.15, 0.2) is 5.69 Å². The van der Waals surface area contributed by atoms with E-state index in [4.69, 9.17) is 0 Å². The number of fused-ring (bicyclic) bond motifs is 1. The van der Waals surface area contributed by atoms with Crippen LogP contribution < -0.4 is 5.32 Å². The van der Waals surface area contributed by atoms with Crippen molar-refractivity contribution in [3.63, 3.8) is 0 Å². The van der Waals surface area contributed by atoms with E-state index in [1.165, 1.54) is 13.2 Å². The van der Waals surface area contributed by atoms with Crippen LogP contribution >= 0.6 is 11.3 Å². The third-order valence-corrected chi connectivity index (χ3v) is 4.55. The molecule has 2 N–H and O–H groups in total. The van der Waals surface area contributed by atoms with Crippen molar-refractivity contribution in [3.05, 3.63) is 49.8 Å². The van der Waals surface area contributed by atoms with Gasteiger partial charge in [-0.2, -0.15) is 5.10 Å². The molecule has 0 aliphatic rings. The summed E-state index contributed by atoms with van der Waals surface area (Å²) in [5.41, 5.74) is 1.06. The zero-order chi connectivity index (χ0) is 18.1. The maximum atomic E-state index is 12.3. The van der Waals surface area contributed by atoms with Gasteiger partial charge >= 0.3 is 5.97 Å². The number of H-pyrrole nitrogens is 1. The minimum absolute atomic E-state index is 0.0894. The number of aromatic nitrogens is 2. The summed E-state index contributed by atoms with van der Waals surface area (Å²) in [5, 5.41) is 20.6. The molecule has 0 saturated carbocycles. The number of thiophene rings is 1. The largest absolute Gasteiger partial charge is 0.464 e. The highest BCUT2D eigenvalue weighted by molar-refractivity contribution is 7.14. The smallest absolute Gasteiger partial charge is 0.359 e. The predicted molar refractivity (Wildman–Crippen MR) is 91.1 cm³/mol. The molecule has 2 heterocycles. The molecule has 25 heavy (non-hydrogen) atoms. The van der Waals surface area contributed by atoms with Gasteiger partial charge in [-0.1, -0.05) is 0 Å². The fraction of sp³-hybridized carbons (Fsp3) is 0.133. The van der Waals surface area contributed by atoms with Gasteiger partial charge in [-0.3, -0.25) is 20.0 Å². The van der Waals surface area contributed by atoms with Crippen LogP contribution in [0.25, 0.3) is 10.9 Å². The van der Waals surface area contributed by atoms with Gasteiger partial charge in [0.25, 0.3) is 11.6 Å². The molecule has 0 fully saturated rings. The highest BCUT2D eigenvalue weighted by Gasteiger charge is 2.20. The lowest BCUT2D eigenvalue weighted by Gasteiger charge is -2.04. The van der Waals surface area contributed by atoms with Crippen LogP contribution in [-0.4, -0.2) is 34.1 Å². The number of esters is 1. The van der Waals surface area contributed by atoms with Gasteiger partial charge in [0.1, 0.15) is 0 Å². The fourth-order valence-corrected chi connectivity index (χ4v) is 3.18. The highest BCUT2D eigenvalue weighted by Crippen LogP contribution is 2.29. The number of nitro groups is 1. The second kappa shape index (κ2) is 6.32. The number of aryl methyl sites for hydroxylation is 1. The summed E-state index contributed by atoms with van der Waals surface area (Å²) >= 11 is 1.04. The lowest BCUT2D eigenvalue weighted by molar-refractivity contribution is -0.385. The second-order valence-corrected chi connectivity index (χ2v) is 6.34. The average molecular weight is 360 g/mol. The minimum Gasteiger partial charge on any atom is -0.464 e. The summed E-state index contributed by atoms with van der Waals surface area (Å²) in [7, 11) is 1.25. The van der Waals surface area contributed by atoms with Crippen LogP contribution in [0.4, 0.5) is 11.4 Å². The van der Waals surface area contributed by atoms with Crippen LogP contribution in [0, 0.1) is 17.0 Å². The maximum absolute atomic E-state index is 12.3. The Morgan fingerprint density at radius 2 is 2.12 bits per heavy atom. The number of ether oxygens (including phenoxy) is 1. The summed E-state index contributed by atoms with van der Waals surface area (Å²) in [5.74, 6) is -1.07. The number of nitrogens with one attached hydrogen (secondary N) is 2. The Kier molecular flexibility index (Phi) is 4.19. The number of carbonyl (C=O) groups excluding carboxylic acids is 2. The van der Waals surface area contributed by atoms with E-state index >= 15 is 0 Å². The lowest BCUT2D eigenvalue weighted by Crippen LogP contribution is -2.10. The third-order valence-electron chi connectivity index (χ3n) is 3.51. The number of carbonyl (C=O) groups is 2. The molecule has 0 spiro atoms. The Bertz CT molecular complexity index is 1010. The molecule has 9 nitrogen and oxygen atoms in total. The van der Waals surface area contributed by atoms with Crippen molar-refractivity contribution >= 4 is 45.5 Å². The van der Waals surface area contributed by atoms with E-state index in [1.807, 2.05) is 0 Å². The highest BCUT2D eigenvalue weighted by atomic mass is 32.1. The lowest BCUT2D eigenvalue weighted by atomic mass is 10.2. The second-order valence-electron chi connectivity index (χ2n) is 5.09. The number of amides is 1. The predicted octanol–water partition coefficient (Wildman–Crippen LogP) is 2.88. The van der Waals surface area contributed by atoms with E-state index in [9.17, 15) is 19.7 Å². The number of hydrogen-bond donors (Lipinski definition) is 2. The number of nitrogens with zero attached hydrogens (tertiary/aromatic N) is 2. The summed E-state index contributed by atoms with van der Waals surface area (Å²) in [6, 6.07) is 6.12. The van der Waals surface area contributed by atoms with Crippen molar-refractivity contribution in [2.75, 3.05) is 12.4 Å². The summed E-state index contributed by atoms with van der Waals surface area (Å²) in [6.07, 6.45) is 0. The molecule has 0 atom stereocenters.